The summed E-state index contributed by atoms with van der Waals surface area (Å²) in [5.41, 5.74) is 2.54. The maximum absolute atomic E-state index is 12.0. The molecule has 0 spiro atoms. The molecule has 2 aliphatic heterocycles. The number of hydrogen-bond donors (Lipinski definition) is 1. The van der Waals surface area contributed by atoms with Crippen molar-refractivity contribution in [3.05, 3.63) is 29.3 Å². The molecule has 0 aromatic heterocycles. The third kappa shape index (κ3) is 2.96. The van der Waals surface area contributed by atoms with Crippen LogP contribution in [0.1, 0.15) is 24.5 Å². The lowest BCUT2D eigenvalue weighted by Crippen LogP contribution is -2.38. The molecule has 20 heavy (non-hydrogen) atoms. The molecule has 3 rings (SSSR count). The van der Waals surface area contributed by atoms with E-state index in [4.69, 9.17) is 9.47 Å². The Kier molecular flexibility index (Phi) is 3.92. The zero-order valence-corrected chi connectivity index (χ0v) is 11.9. The minimum atomic E-state index is 0.0332. The molecule has 1 aromatic carbocycles. The van der Waals surface area contributed by atoms with Crippen LogP contribution in [-0.2, 0) is 22.4 Å². The van der Waals surface area contributed by atoms with Gasteiger partial charge < -0.3 is 14.8 Å². The van der Waals surface area contributed by atoms with Gasteiger partial charge in [-0.25, -0.2) is 0 Å². The van der Waals surface area contributed by atoms with Crippen molar-refractivity contribution in [1.29, 1.82) is 0 Å². The number of nitrogens with one attached hydrogen (secondary N) is 1. The Morgan fingerprint density at radius 2 is 2.35 bits per heavy atom. The van der Waals surface area contributed by atoms with Gasteiger partial charge in [-0.3, -0.25) is 4.79 Å². The molecule has 2 heterocycles. The molecule has 108 valence electrons. The number of carbonyl (C=O) groups excluding carboxylic acids is 1. The topological polar surface area (TPSA) is 47.6 Å². The lowest BCUT2D eigenvalue weighted by atomic mass is 10.0. The van der Waals surface area contributed by atoms with E-state index >= 15 is 0 Å². The molecular weight excluding hydrogens is 254 g/mol. The summed E-state index contributed by atoms with van der Waals surface area (Å²) >= 11 is 0. The third-order valence-electron chi connectivity index (χ3n) is 3.98. The van der Waals surface area contributed by atoms with Crippen molar-refractivity contribution >= 4 is 5.91 Å². The number of ether oxygens (including phenoxy) is 2. The van der Waals surface area contributed by atoms with Gasteiger partial charge in [-0.15, -0.1) is 0 Å². The van der Waals surface area contributed by atoms with E-state index in [0.29, 0.717) is 13.2 Å². The first-order valence-electron chi connectivity index (χ1n) is 7.35. The second-order valence-electron chi connectivity index (χ2n) is 5.71. The Hall–Kier alpha value is -1.55. The van der Waals surface area contributed by atoms with E-state index in [0.717, 1.165) is 31.6 Å². The zero-order chi connectivity index (χ0) is 13.9. The fourth-order valence-corrected chi connectivity index (χ4v) is 2.87. The lowest BCUT2D eigenvalue weighted by Gasteiger charge is -2.16. The van der Waals surface area contributed by atoms with Gasteiger partial charge in [-0.05, 0) is 37.0 Å². The summed E-state index contributed by atoms with van der Waals surface area (Å²) in [6, 6.07) is 6.47. The van der Waals surface area contributed by atoms with Crippen molar-refractivity contribution in [3.8, 4) is 5.75 Å². The Balaban J connectivity index is 1.55. The second-order valence-corrected chi connectivity index (χ2v) is 5.71. The van der Waals surface area contributed by atoms with Gasteiger partial charge in [0.2, 0.25) is 5.91 Å². The van der Waals surface area contributed by atoms with Crippen molar-refractivity contribution in [2.24, 2.45) is 5.92 Å². The number of benzene rings is 1. The van der Waals surface area contributed by atoms with Crippen LogP contribution < -0.4 is 10.1 Å². The Labute approximate surface area is 119 Å². The first kappa shape index (κ1) is 13.4. The van der Waals surface area contributed by atoms with E-state index in [9.17, 15) is 4.79 Å². The number of amides is 1. The van der Waals surface area contributed by atoms with Crippen LogP contribution in [0, 0.1) is 5.92 Å². The molecule has 0 bridgehead atoms. The zero-order valence-electron chi connectivity index (χ0n) is 11.9. The molecule has 0 radical (unpaired) electrons. The fraction of sp³-hybridized carbons (Fsp3) is 0.562. The summed E-state index contributed by atoms with van der Waals surface area (Å²) < 4.78 is 10.8. The number of hydrogen-bond acceptors (Lipinski definition) is 3. The highest BCUT2D eigenvalue weighted by molar-refractivity contribution is 5.79. The van der Waals surface area contributed by atoms with Crippen molar-refractivity contribution in [1.82, 2.24) is 5.32 Å². The van der Waals surface area contributed by atoms with Crippen LogP contribution >= 0.6 is 0 Å². The first-order chi connectivity index (χ1) is 9.72. The van der Waals surface area contributed by atoms with E-state index in [-0.39, 0.29) is 17.9 Å². The van der Waals surface area contributed by atoms with Crippen molar-refractivity contribution in [3.63, 3.8) is 0 Å². The quantitative estimate of drug-likeness (QED) is 0.910. The van der Waals surface area contributed by atoms with E-state index in [1.807, 2.05) is 6.07 Å². The molecular formula is C16H21NO3. The fourth-order valence-electron chi connectivity index (χ4n) is 2.87. The summed E-state index contributed by atoms with van der Waals surface area (Å²) in [5.74, 6) is 1.17. The average Bonchev–Trinajstić information content (AvgIpc) is 3.09. The predicted octanol–water partition coefficient (Wildman–Crippen LogP) is 1.71. The molecule has 4 nitrogen and oxygen atoms in total. The normalized spacial score (nSPS) is 22.1. The molecule has 2 aliphatic rings. The standard InChI is InChI=1S/C16H21NO3/c1-11(17-16(18)14-4-6-19-10-14)8-12-2-3-15-13(9-12)5-7-20-15/h2-3,9,11,14H,4-8,10H2,1H3,(H,17,18)/t11-,14+/m1/s1. The molecule has 4 heteroatoms. The summed E-state index contributed by atoms with van der Waals surface area (Å²) in [5, 5.41) is 3.09. The van der Waals surface area contributed by atoms with Gasteiger partial charge in [0.1, 0.15) is 5.75 Å². The van der Waals surface area contributed by atoms with Crippen LogP contribution in [0.5, 0.6) is 5.75 Å². The smallest absolute Gasteiger partial charge is 0.225 e. The summed E-state index contributed by atoms with van der Waals surface area (Å²) in [7, 11) is 0. The van der Waals surface area contributed by atoms with Crippen LogP contribution in [0.15, 0.2) is 18.2 Å². The minimum Gasteiger partial charge on any atom is -0.493 e. The van der Waals surface area contributed by atoms with Gasteiger partial charge in [0.25, 0.3) is 0 Å². The van der Waals surface area contributed by atoms with Crippen molar-refractivity contribution in [2.45, 2.75) is 32.2 Å². The number of fused-ring (bicyclic) bond motifs is 1. The highest BCUT2D eigenvalue weighted by Crippen LogP contribution is 2.26. The van der Waals surface area contributed by atoms with E-state index < -0.39 is 0 Å². The van der Waals surface area contributed by atoms with Crippen LogP contribution in [0.4, 0.5) is 0 Å². The van der Waals surface area contributed by atoms with Crippen molar-refractivity contribution in [2.75, 3.05) is 19.8 Å². The Bertz CT molecular complexity index is 494. The highest BCUT2D eigenvalue weighted by atomic mass is 16.5. The molecule has 2 atom stereocenters. The largest absolute Gasteiger partial charge is 0.493 e. The molecule has 0 aliphatic carbocycles. The molecule has 1 aromatic rings. The van der Waals surface area contributed by atoms with Crippen LogP contribution in [0.3, 0.4) is 0 Å². The van der Waals surface area contributed by atoms with E-state index in [1.54, 1.807) is 0 Å². The monoisotopic (exact) mass is 275 g/mol. The predicted molar refractivity (Wildman–Crippen MR) is 75.9 cm³/mol. The van der Waals surface area contributed by atoms with Gasteiger partial charge in [-0.2, -0.15) is 0 Å². The Morgan fingerprint density at radius 1 is 1.45 bits per heavy atom. The number of carbonyl (C=O) groups is 1. The van der Waals surface area contributed by atoms with Crippen LogP contribution in [0.25, 0.3) is 0 Å². The molecule has 1 N–H and O–H groups in total. The molecule has 1 amide bonds. The highest BCUT2D eigenvalue weighted by Gasteiger charge is 2.24. The molecule has 0 saturated carbocycles. The minimum absolute atomic E-state index is 0.0332. The number of rotatable bonds is 4. The summed E-state index contributed by atoms with van der Waals surface area (Å²) in [6.45, 7) is 4.11. The Morgan fingerprint density at radius 3 is 3.15 bits per heavy atom. The maximum Gasteiger partial charge on any atom is 0.225 e. The molecule has 1 fully saturated rings. The van der Waals surface area contributed by atoms with Gasteiger partial charge in [0.05, 0.1) is 19.1 Å². The van der Waals surface area contributed by atoms with Gasteiger partial charge in [-0.1, -0.05) is 12.1 Å². The summed E-state index contributed by atoms with van der Waals surface area (Å²) in [4.78, 5) is 12.0. The third-order valence-corrected chi connectivity index (χ3v) is 3.98. The van der Waals surface area contributed by atoms with Gasteiger partial charge in [0, 0.05) is 19.1 Å². The SMILES string of the molecule is C[C@H](Cc1ccc2c(c1)CCO2)NC(=O)[C@H]1CCOC1. The van der Waals surface area contributed by atoms with Crippen LogP contribution in [0.2, 0.25) is 0 Å². The van der Waals surface area contributed by atoms with Gasteiger partial charge >= 0.3 is 0 Å². The lowest BCUT2D eigenvalue weighted by molar-refractivity contribution is -0.125. The molecule has 0 unspecified atom stereocenters. The maximum atomic E-state index is 12.0. The first-order valence-corrected chi connectivity index (χ1v) is 7.35. The molecule has 1 saturated heterocycles. The van der Waals surface area contributed by atoms with Crippen molar-refractivity contribution < 1.29 is 14.3 Å². The van der Waals surface area contributed by atoms with E-state index in [1.165, 1.54) is 11.1 Å². The van der Waals surface area contributed by atoms with Gasteiger partial charge in [0.15, 0.2) is 0 Å². The van der Waals surface area contributed by atoms with Crippen LogP contribution in [-0.4, -0.2) is 31.8 Å². The van der Waals surface area contributed by atoms with E-state index in [2.05, 4.69) is 24.4 Å². The average molecular weight is 275 g/mol. The second kappa shape index (κ2) is 5.83. The summed E-state index contributed by atoms with van der Waals surface area (Å²) in [6.07, 6.45) is 2.69.